The Hall–Kier alpha value is -4.02. The number of carbonyl (C=O) groups excluding carboxylic acids is 2. The molecule has 0 radical (unpaired) electrons. The highest BCUT2D eigenvalue weighted by atomic mass is 16.5. The molecule has 3 aromatic heterocycles. The van der Waals surface area contributed by atoms with Gasteiger partial charge >= 0.3 is 5.97 Å². The van der Waals surface area contributed by atoms with Gasteiger partial charge in [-0.3, -0.25) is 9.48 Å². The highest BCUT2D eigenvalue weighted by molar-refractivity contribution is 5.93. The molecule has 11 heteroatoms. The number of anilines is 2. The first kappa shape index (κ1) is 29.0. The number of pyridine rings is 1. The molecule has 0 bridgehead atoms. The largest absolute Gasteiger partial charge is 0.465 e. The topological polar surface area (TPSA) is 118 Å². The summed E-state index contributed by atoms with van der Waals surface area (Å²) in [6.07, 6.45) is 4.16. The number of rotatable bonds is 8. The molecule has 0 unspecified atom stereocenters. The Balaban J connectivity index is 1.48. The Morgan fingerprint density at radius 1 is 1.18 bits per heavy atom. The predicted octanol–water partition coefficient (Wildman–Crippen LogP) is 3.53. The molecular formula is C29H40N8O3. The second kappa shape index (κ2) is 11.6. The summed E-state index contributed by atoms with van der Waals surface area (Å²) in [5, 5.41) is 7.60. The third-order valence-electron chi connectivity index (χ3n) is 7.41. The highest BCUT2D eigenvalue weighted by Gasteiger charge is 2.38. The Bertz CT molecular complexity index is 1370. The van der Waals surface area contributed by atoms with Crippen LogP contribution in [0, 0.1) is 13.8 Å². The molecular weight excluding hydrogens is 508 g/mol. The molecule has 40 heavy (non-hydrogen) atoms. The molecule has 0 saturated carbocycles. The third kappa shape index (κ3) is 5.93. The molecule has 214 valence electrons. The number of ether oxygens (including phenoxy) is 1. The minimum Gasteiger partial charge on any atom is -0.465 e. The molecule has 4 rings (SSSR count). The first-order valence-corrected chi connectivity index (χ1v) is 13.6. The third-order valence-corrected chi connectivity index (χ3v) is 7.41. The summed E-state index contributed by atoms with van der Waals surface area (Å²) in [5.74, 6) is 1.05. The van der Waals surface area contributed by atoms with Crippen molar-refractivity contribution in [2.75, 3.05) is 43.5 Å². The van der Waals surface area contributed by atoms with Crippen molar-refractivity contribution in [1.29, 1.82) is 0 Å². The van der Waals surface area contributed by atoms with E-state index < -0.39 is 5.54 Å². The molecule has 0 aromatic carbocycles. The standard InChI is InChI=1S/C29H40N8O3/c1-18(2)25-26(30-11-9-21-10-12-32-35(21)7)31-16-22(34-25)27(38)37-14-13-36(17-29(37,5)6)23-15-19(3)24(20(4)33-23)28(39)40-8/h10,12,15-16,18H,9,11,13-14,17H2,1-8H3,(H,30,31). The van der Waals surface area contributed by atoms with Crippen molar-refractivity contribution in [2.45, 2.75) is 59.4 Å². The van der Waals surface area contributed by atoms with Crippen LogP contribution in [-0.2, 0) is 18.2 Å². The van der Waals surface area contributed by atoms with Crippen LogP contribution in [0.4, 0.5) is 11.6 Å². The van der Waals surface area contributed by atoms with E-state index in [9.17, 15) is 9.59 Å². The lowest BCUT2D eigenvalue weighted by atomic mass is 9.97. The number of hydrogen-bond acceptors (Lipinski definition) is 9. The maximum atomic E-state index is 13.7. The van der Waals surface area contributed by atoms with Gasteiger partial charge in [-0.2, -0.15) is 5.10 Å². The number of methoxy groups -OCH3 is 1. The number of piperazine rings is 1. The van der Waals surface area contributed by atoms with Gasteiger partial charge in [0.25, 0.3) is 5.91 Å². The molecule has 4 heterocycles. The van der Waals surface area contributed by atoms with E-state index >= 15 is 0 Å². The summed E-state index contributed by atoms with van der Waals surface area (Å²) in [4.78, 5) is 44.0. The van der Waals surface area contributed by atoms with Gasteiger partial charge in [0.15, 0.2) is 0 Å². The predicted molar refractivity (Wildman–Crippen MR) is 154 cm³/mol. The zero-order chi connectivity index (χ0) is 29.2. The van der Waals surface area contributed by atoms with Gasteiger partial charge < -0.3 is 19.9 Å². The van der Waals surface area contributed by atoms with Gasteiger partial charge in [0.2, 0.25) is 0 Å². The number of amides is 1. The van der Waals surface area contributed by atoms with E-state index in [1.807, 2.05) is 56.5 Å². The van der Waals surface area contributed by atoms with E-state index in [0.717, 1.165) is 29.2 Å². The van der Waals surface area contributed by atoms with Crippen LogP contribution in [-0.4, -0.2) is 80.3 Å². The van der Waals surface area contributed by atoms with Crippen LogP contribution in [0.3, 0.4) is 0 Å². The van der Waals surface area contributed by atoms with E-state index in [0.29, 0.717) is 48.9 Å². The van der Waals surface area contributed by atoms with Crippen LogP contribution in [0.2, 0.25) is 0 Å². The lowest BCUT2D eigenvalue weighted by molar-refractivity contribution is 0.0505. The van der Waals surface area contributed by atoms with Gasteiger partial charge in [0, 0.05) is 51.5 Å². The minimum absolute atomic E-state index is 0.0924. The number of aromatic nitrogens is 5. The number of hydrogen-bond donors (Lipinski definition) is 1. The molecule has 1 saturated heterocycles. The molecule has 0 aliphatic carbocycles. The second-order valence-corrected chi connectivity index (χ2v) is 11.2. The Labute approximate surface area is 236 Å². The smallest absolute Gasteiger partial charge is 0.339 e. The zero-order valence-corrected chi connectivity index (χ0v) is 24.8. The molecule has 0 spiro atoms. The Kier molecular flexibility index (Phi) is 8.41. The van der Waals surface area contributed by atoms with Crippen molar-refractivity contribution in [1.82, 2.24) is 29.6 Å². The monoisotopic (exact) mass is 548 g/mol. The van der Waals surface area contributed by atoms with E-state index in [4.69, 9.17) is 14.7 Å². The van der Waals surface area contributed by atoms with Gasteiger partial charge in [0.1, 0.15) is 17.3 Å². The van der Waals surface area contributed by atoms with Gasteiger partial charge in [-0.1, -0.05) is 13.8 Å². The van der Waals surface area contributed by atoms with E-state index in [-0.39, 0.29) is 17.8 Å². The average Bonchev–Trinajstić information content (AvgIpc) is 3.31. The molecule has 1 aliphatic heterocycles. The summed E-state index contributed by atoms with van der Waals surface area (Å²) in [6, 6.07) is 3.91. The molecule has 0 atom stereocenters. The Morgan fingerprint density at radius 2 is 1.93 bits per heavy atom. The number of carbonyl (C=O) groups is 2. The number of nitrogens with zero attached hydrogens (tertiary/aromatic N) is 7. The lowest BCUT2D eigenvalue weighted by Gasteiger charge is -2.47. The quantitative estimate of drug-likeness (QED) is 0.422. The maximum Gasteiger partial charge on any atom is 0.339 e. The van der Waals surface area contributed by atoms with Crippen molar-refractivity contribution < 1.29 is 14.3 Å². The minimum atomic E-state index is -0.487. The molecule has 1 N–H and O–H groups in total. The van der Waals surface area contributed by atoms with Crippen molar-refractivity contribution in [2.24, 2.45) is 7.05 Å². The maximum absolute atomic E-state index is 13.7. The van der Waals surface area contributed by atoms with Crippen molar-refractivity contribution in [3.8, 4) is 0 Å². The lowest BCUT2D eigenvalue weighted by Crippen LogP contribution is -2.61. The van der Waals surface area contributed by atoms with Crippen LogP contribution >= 0.6 is 0 Å². The summed E-state index contributed by atoms with van der Waals surface area (Å²) in [7, 11) is 3.30. The van der Waals surface area contributed by atoms with Gasteiger partial charge in [-0.05, 0) is 51.3 Å². The number of aryl methyl sites for hydroxylation is 3. The van der Waals surface area contributed by atoms with Crippen molar-refractivity contribution >= 4 is 23.5 Å². The first-order valence-electron chi connectivity index (χ1n) is 13.6. The Morgan fingerprint density at radius 3 is 2.52 bits per heavy atom. The fourth-order valence-electron chi connectivity index (χ4n) is 5.25. The summed E-state index contributed by atoms with van der Waals surface area (Å²) in [6.45, 7) is 14.3. The number of nitrogens with one attached hydrogen (secondary N) is 1. The second-order valence-electron chi connectivity index (χ2n) is 11.2. The SMILES string of the molecule is COC(=O)c1c(C)cc(N2CCN(C(=O)c3cnc(NCCc4ccnn4C)c(C(C)C)n3)C(C)(C)C2)nc1C. The summed E-state index contributed by atoms with van der Waals surface area (Å²) < 4.78 is 6.77. The highest BCUT2D eigenvalue weighted by Crippen LogP contribution is 2.29. The molecule has 1 aliphatic rings. The average molecular weight is 549 g/mol. The van der Waals surface area contributed by atoms with Crippen LogP contribution in [0.5, 0.6) is 0 Å². The van der Waals surface area contributed by atoms with E-state index in [1.54, 1.807) is 12.4 Å². The first-order chi connectivity index (χ1) is 18.9. The summed E-state index contributed by atoms with van der Waals surface area (Å²) in [5.41, 5.74) is 3.69. The normalized spacial score (nSPS) is 14.9. The van der Waals surface area contributed by atoms with Crippen LogP contribution in [0.15, 0.2) is 24.5 Å². The van der Waals surface area contributed by atoms with Gasteiger partial charge in [-0.15, -0.1) is 0 Å². The van der Waals surface area contributed by atoms with Crippen LogP contribution in [0.25, 0.3) is 0 Å². The fraction of sp³-hybridized carbons (Fsp3) is 0.517. The van der Waals surface area contributed by atoms with Crippen molar-refractivity contribution in [3.05, 3.63) is 58.4 Å². The van der Waals surface area contributed by atoms with Crippen LogP contribution < -0.4 is 10.2 Å². The van der Waals surface area contributed by atoms with E-state index in [2.05, 4.69) is 34.1 Å². The van der Waals surface area contributed by atoms with Crippen molar-refractivity contribution in [3.63, 3.8) is 0 Å². The zero-order valence-electron chi connectivity index (χ0n) is 24.8. The summed E-state index contributed by atoms with van der Waals surface area (Å²) >= 11 is 0. The van der Waals surface area contributed by atoms with E-state index in [1.165, 1.54) is 7.11 Å². The molecule has 1 amide bonds. The fourth-order valence-corrected chi connectivity index (χ4v) is 5.25. The molecule has 11 nitrogen and oxygen atoms in total. The van der Waals surface area contributed by atoms with Gasteiger partial charge in [-0.25, -0.2) is 19.7 Å². The molecule has 3 aromatic rings. The van der Waals surface area contributed by atoms with Gasteiger partial charge in [0.05, 0.1) is 35.8 Å². The number of esters is 1. The van der Waals surface area contributed by atoms with Crippen LogP contribution in [0.1, 0.15) is 77.1 Å². The molecule has 1 fully saturated rings.